The number of rotatable bonds is 8. The Morgan fingerprint density at radius 1 is 1.39 bits per heavy atom. The molecule has 0 saturated heterocycles. The largest absolute Gasteiger partial charge is 0.382 e. The first kappa shape index (κ1) is 17.7. The third kappa shape index (κ3) is 6.56. The van der Waals surface area contributed by atoms with Crippen LogP contribution in [0.3, 0.4) is 0 Å². The highest BCUT2D eigenvalue weighted by atomic mass is 35.5. The molecular weight excluding hydrogens is 332 g/mol. The van der Waals surface area contributed by atoms with E-state index in [2.05, 4.69) is 15.7 Å². The van der Waals surface area contributed by atoms with E-state index in [1.54, 1.807) is 0 Å². The molecule has 0 fully saturated rings. The zero-order valence-corrected chi connectivity index (χ0v) is 14.7. The van der Waals surface area contributed by atoms with E-state index in [1.165, 1.54) is 0 Å². The molecule has 2 rings (SSSR count). The lowest BCUT2D eigenvalue weighted by Crippen LogP contribution is -2.30. The highest BCUT2D eigenvalue weighted by Gasteiger charge is 2.03. The molecule has 0 bridgehead atoms. The summed E-state index contributed by atoms with van der Waals surface area (Å²) in [4.78, 5) is 0. The number of halogens is 1. The molecule has 0 unspecified atom stereocenters. The van der Waals surface area contributed by atoms with Gasteiger partial charge in [0.05, 0.1) is 6.54 Å². The first-order chi connectivity index (χ1) is 11.2. The third-order valence-corrected chi connectivity index (χ3v) is 3.55. The number of hydrogen-bond donors (Lipinski definition) is 2. The molecular formula is C16H21ClN4OS. The summed E-state index contributed by atoms with van der Waals surface area (Å²) in [6.07, 6.45) is 2.82. The standard InChI is InChI=1S/C16H21ClN4OS/c1-2-22-10-4-8-18-16(23)19-15-7-9-21(20-15)12-13-5-3-6-14(17)11-13/h3,5-7,9,11H,2,4,8,10,12H2,1H3,(H2,18,19,20,23). The van der Waals surface area contributed by atoms with E-state index in [4.69, 9.17) is 28.6 Å². The molecule has 23 heavy (non-hydrogen) atoms. The number of anilines is 1. The van der Waals surface area contributed by atoms with E-state index in [0.29, 0.717) is 17.5 Å². The molecule has 2 aromatic rings. The van der Waals surface area contributed by atoms with Gasteiger partial charge >= 0.3 is 0 Å². The maximum absolute atomic E-state index is 5.99. The summed E-state index contributed by atoms with van der Waals surface area (Å²) < 4.78 is 7.11. The molecule has 1 heterocycles. The van der Waals surface area contributed by atoms with Gasteiger partial charge in [-0.15, -0.1) is 0 Å². The Bertz CT molecular complexity index is 632. The van der Waals surface area contributed by atoms with Gasteiger partial charge in [0, 0.05) is 37.0 Å². The molecule has 7 heteroatoms. The number of aromatic nitrogens is 2. The molecule has 2 N–H and O–H groups in total. The Morgan fingerprint density at radius 3 is 3.04 bits per heavy atom. The minimum Gasteiger partial charge on any atom is -0.382 e. The second kappa shape index (κ2) is 9.50. The van der Waals surface area contributed by atoms with E-state index < -0.39 is 0 Å². The van der Waals surface area contributed by atoms with Crippen molar-refractivity contribution in [2.24, 2.45) is 0 Å². The van der Waals surface area contributed by atoms with Crippen LogP contribution in [-0.4, -0.2) is 34.7 Å². The minimum absolute atomic E-state index is 0.564. The fraction of sp³-hybridized carbons (Fsp3) is 0.375. The minimum atomic E-state index is 0.564. The molecule has 124 valence electrons. The number of hydrogen-bond acceptors (Lipinski definition) is 3. The third-order valence-electron chi connectivity index (χ3n) is 3.07. The van der Waals surface area contributed by atoms with Crippen molar-refractivity contribution in [1.82, 2.24) is 15.1 Å². The molecule has 0 spiro atoms. The first-order valence-electron chi connectivity index (χ1n) is 7.58. The van der Waals surface area contributed by atoms with Gasteiger partial charge in [0.1, 0.15) is 0 Å². The summed E-state index contributed by atoms with van der Waals surface area (Å²) in [7, 11) is 0. The van der Waals surface area contributed by atoms with Gasteiger partial charge in [0.25, 0.3) is 0 Å². The van der Waals surface area contributed by atoms with E-state index in [1.807, 2.05) is 48.1 Å². The van der Waals surface area contributed by atoms with Gasteiger partial charge in [0.2, 0.25) is 0 Å². The topological polar surface area (TPSA) is 51.1 Å². The maximum Gasteiger partial charge on any atom is 0.171 e. The average molecular weight is 353 g/mol. The highest BCUT2D eigenvalue weighted by Crippen LogP contribution is 2.12. The Balaban J connectivity index is 1.77. The van der Waals surface area contributed by atoms with Gasteiger partial charge in [-0.1, -0.05) is 23.7 Å². The van der Waals surface area contributed by atoms with Crippen LogP contribution in [0.15, 0.2) is 36.5 Å². The predicted molar refractivity (Wildman–Crippen MR) is 98.1 cm³/mol. The van der Waals surface area contributed by atoms with E-state index in [0.717, 1.165) is 36.8 Å². The highest BCUT2D eigenvalue weighted by molar-refractivity contribution is 7.80. The van der Waals surface area contributed by atoms with Crippen molar-refractivity contribution in [1.29, 1.82) is 0 Å². The Kier molecular flexibility index (Phi) is 7.32. The fourth-order valence-corrected chi connectivity index (χ4v) is 2.44. The molecule has 5 nitrogen and oxygen atoms in total. The van der Waals surface area contributed by atoms with Crippen molar-refractivity contribution in [3.8, 4) is 0 Å². The monoisotopic (exact) mass is 352 g/mol. The van der Waals surface area contributed by atoms with Crippen LogP contribution < -0.4 is 10.6 Å². The molecule has 0 aliphatic heterocycles. The van der Waals surface area contributed by atoms with Gasteiger partial charge in [-0.05, 0) is 43.3 Å². The van der Waals surface area contributed by atoms with Crippen LogP contribution in [-0.2, 0) is 11.3 Å². The van der Waals surface area contributed by atoms with E-state index >= 15 is 0 Å². The first-order valence-corrected chi connectivity index (χ1v) is 8.36. The lowest BCUT2D eigenvalue weighted by atomic mass is 10.2. The number of nitrogens with zero attached hydrogens (tertiary/aromatic N) is 2. The van der Waals surface area contributed by atoms with Gasteiger partial charge in [-0.25, -0.2) is 0 Å². The number of ether oxygens (including phenoxy) is 1. The summed E-state index contributed by atoms with van der Waals surface area (Å²) in [5.74, 6) is 0.717. The molecule has 0 radical (unpaired) electrons. The van der Waals surface area contributed by atoms with Crippen LogP contribution in [0.2, 0.25) is 5.02 Å². The lowest BCUT2D eigenvalue weighted by molar-refractivity contribution is 0.146. The lowest BCUT2D eigenvalue weighted by Gasteiger charge is -2.08. The van der Waals surface area contributed by atoms with Crippen molar-refractivity contribution in [2.45, 2.75) is 19.9 Å². The molecule has 1 aromatic heterocycles. The van der Waals surface area contributed by atoms with Gasteiger partial charge in [0.15, 0.2) is 10.9 Å². The molecule has 0 amide bonds. The summed E-state index contributed by atoms with van der Waals surface area (Å²) in [6, 6.07) is 9.63. The normalized spacial score (nSPS) is 10.5. The second-order valence-electron chi connectivity index (χ2n) is 4.96. The zero-order valence-electron chi connectivity index (χ0n) is 13.1. The summed E-state index contributed by atoms with van der Waals surface area (Å²) in [5, 5.41) is 11.9. The van der Waals surface area contributed by atoms with Crippen LogP contribution in [0, 0.1) is 0 Å². The Hall–Kier alpha value is -1.63. The Labute approximate surface area is 147 Å². The summed E-state index contributed by atoms with van der Waals surface area (Å²) >= 11 is 11.2. The van der Waals surface area contributed by atoms with Crippen molar-refractivity contribution in [2.75, 3.05) is 25.1 Å². The second-order valence-corrected chi connectivity index (χ2v) is 5.80. The Morgan fingerprint density at radius 2 is 2.26 bits per heavy atom. The number of benzene rings is 1. The van der Waals surface area contributed by atoms with Crippen molar-refractivity contribution in [3.63, 3.8) is 0 Å². The van der Waals surface area contributed by atoms with Crippen molar-refractivity contribution >= 4 is 34.7 Å². The molecule has 1 aromatic carbocycles. The maximum atomic E-state index is 5.99. The van der Waals surface area contributed by atoms with Crippen molar-refractivity contribution < 1.29 is 4.74 Å². The number of thiocarbonyl (C=S) groups is 1. The molecule has 0 saturated carbocycles. The van der Waals surface area contributed by atoms with Crippen LogP contribution >= 0.6 is 23.8 Å². The summed E-state index contributed by atoms with van der Waals surface area (Å²) in [5.41, 5.74) is 1.10. The number of nitrogens with one attached hydrogen (secondary N) is 2. The zero-order chi connectivity index (χ0) is 16.5. The van der Waals surface area contributed by atoms with E-state index in [-0.39, 0.29) is 0 Å². The molecule has 0 aliphatic rings. The van der Waals surface area contributed by atoms with Crippen LogP contribution in [0.25, 0.3) is 0 Å². The van der Waals surface area contributed by atoms with Gasteiger partial charge < -0.3 is 15.4 Å². The van der Waals surface area contributed by atoms with Crippen LogP contribution in [0.4, 0.5) is 5.82 Å². The van der Waals surface area contributed by atoms with Gasteiger partial charge in [-0.3, -0.25) is 4.68 Å². The van der Waals surface area contributed by atoms with Crippen molar-refractivity contribution in [3.05, 3.63) is 47.1 Å². The SMILES string of the molecule is CCOCCCNC(=S)Nc1ccn(Cc2cccc(Cl)c2)n1. The van der Waals surface area contributed by atoms with Crippen LogP contribution in [0.5, 0.6) is 0 Å². The quantitative estimate of drug-likeness (QED) is 0.564. The van der Waals surface area contributed by atoms with E-state index in [9.17, 15) is 0 Å². The predicted octanol–water partition coefficient (Wildman–Crippen LogP) is 3.30. The smallest absolute Gasteiger partial charge is 0.171 e. The molecule has 0 atom stereocenters. The summed E-state index contributed by atoms with van der Waals surface area (Å²) in [6.45, 7) is 4.90. The van der Waals surface area contributed by atoms with Crippen LogP contribution in [0.1, 0.15) is 18.9 Å². The average Bonchev–Trinajstić information content (AvgIpc) is 2.94. The van der Waals surface area contributed by atoms with Gasteiger partial charge in [-0.2, -0.15) is 5.10 Å². The fourth-order valence-electron chi connectivity index (χ4n) is 2.02. The molecule has 0 aliphatic carbocycles.